The third-order valence-corrected chi connectivity index (χ3v) is 4.20. The van der Waals surface area contributed by atoms with E-state index in [9.17, 15) is 4.79 Å². The third-order valence-electron chi connectivity index (χ3n) is 4.20. The van der Waals surface area contributed by atoms with Gasteiger partial charge >= 0.3 is 6.03 Å². The van der Waals surface area contributed by atoms with Crippen LogP contribution in [-0.4, -0.2) is 22.9 Å². The molecule has 146 valence electrons. The monoisotopic (exact) mass is 379 g/mol. The van der Waals surface area contributed by atoms with Crippen molar-refractivity contribution in [2.75, 3.05) is 23.5 Å². The van der Waals surface area contributed by atoms with Crippen molar-refractivity contribution in [1.29, 1.82) is 0 Å². The Kier molecular flexibility index (Phi) is 5.26. The minimum absolute atomic E-state index is 0.341. The lowest BCUT2D eigenvalue weighted by Crippen LogP contribution is -2.25. The van der Waals surface area contributed by atoms with Crippen LogP contribution >= 0.6 is 0 Å². The summed E-state index contributed by atoms with van der Waals surface area (Å²) < 4.78 is 6.99. The zero-order valence-corrected chi connectivity index (χ0v) is 16.5. The van der Waals surface area contributed by atoms with Gasteiger partial charge in [-0.15, -0.1) is 0 Å². The Hall–Kier alpha value is -3.48. The lowest BCUT2D eigenvalue weighted by molar-refractivity contribution is 0.262. The maximum absolute atomic E-state index is 12.7. The van der Waals surface area contributed by atoms with Crippen LogP contribution in [0, 0.1) is 0 Å². The normalized spacial score (nSPS) is 11.1. The van der Waals surface area contributed by atoms with Crippen LogP contribution in [0.5, 0.6) is 5.75 Å². The average molecular weight is 379 g/mol. The van der Waals surface area contributed by atoms with E-state index in [-0.39, 0.29) is 5.54 Å². The predicted molar refractivity (Wildman–Crippen MR) is 113 cm³/mol. The number of carbonyl (C=O) groups is 1. The molecule has 0 unspecified atom stereocenters. The smallest absolute Gasteiger partial charge is 0.323 e. The van der Waals surface area contributed by atoms with E-state index in [1.807, 2.05) is 63.2 Å². The van der Waals surface area contributed by atoms with Crippen molar-refractivity contribution >= 4 is 23.2 Å². The molecule has 28 heavy (non-hydrogen) atoms. The summed E-state index contributed by atoms with van der Waals surface area (Å²) in [6.45, 7) is 6.01. The summed E-state index contributed by atoms with van der Waals surface area (Å²) in [4.78, 5) is 12.7. The third kappa shape index (κ3) is 3.93. The van der Waals surface area contributed by atoms with Gasteiger partial charge in [0.05, 0.1) is 18.3 Å². The van der Waals surface area contributed by atoms with E-state index in [4.69, 9.17) is 10.5 Å². The molecular weight excluding hydrogens is 354 g/mol. The zero-order valence-electron chi connectivity index (χ0n) is 16.5. The number of anilines is 3. The largest absolute Gasteiger partial charge is 0.495 e. The van der Waals surface area contributed by atoms with Gasteiger partial charge in [0, 0.05) is 5.56 Å². The molecule has 7 nitrogen and oxygen atoms in total. The van der Waals surface area contributed by atoms with Crippen molar-refractivity contribution in [3.63, 3.8) is 0 Å². The van der Waals surface area contributed by atoms with E-state index >= 15 is 0 Å². The summed E-state index contributed by atoms with van der Waals surface area (Å²) in [6.07, 6.45) is 0. The van der Waals surface area contributed by atoms with Crippen LogP contribution in [0.15, 0.2) is 54.6 Å². The minimum Gasteiger partial charge on any atom is -0.495 e. The van der Waals surface area contributed by atoms with Gasteiger partial charge < -0.3 is 21.1 Å². The van der Waals surface area contributed by atoms with Crippen molar-refractivity contribution in [3.05, 3.63) is 54.6 Å². The first kappa shape index (κ1) is 19.3. The summed E-state index contributed by atoms with van der Waals surface area (Å²) in [5.41, 5.74) is 8.52. The van der Waals surface area contributed by atoms with E-state index in [1.165, 1.54) is 0 Å². The number of methoxy groups -OCH3 is 1. The van der Waals surface area contributed by atoms with Crippen LogP contribution in [0.3, 0.4) is 0 Å². The molecule has 0 atom stereocenters. The number of carbonyl (C=O) groups excluding carboxylic acids is 1. The highest BCUT2D eigenvalue weighted by atomic mass is 16.5. The van der Waals surface area contributed by atoms with Gasteiger partial charge in [-0.2, -0.15) is 5.10 Å². The molecule has 0 spiro atoms. The number of aromatic nitrogens is 2. The number of nitrogens with two attached hydrogens (primary N) is 1. The second-order valence-electron chi connectivity index (χ2n) is 7.34. The Labute approximate surface area is 164 Å². The van der Waals surface area contributed by atoms with Gasteiger partial charge in [0.1, 0.15) is 22.9 Å². The van der Waals surface area contributed by atoms with Crippen molar-refractivity contribution in [1.82, 2.24) is 9.78 Å². The summed E-state index contributed by atoms with van der Waals surface area (Å²) in [5, 5.41) is 10.3. The first-order valence-corrected chi connectivity index (χ1v) is 8.96. The van der Waals surface area contributed by atoms with Crippen LogP contribution in [0.25, 0.3) is 11.3 Å². The molecule has 3 aromatic rings. The highest BCUT2D eigenvalue weighted by Gasteiger charge is 2.25. The van der Waals surface area contributed by atoms with E-state index in [1.54, 1.807) is 23.9 Å². The lowest BCUT2D eigenvalue weighted by atomic mass is 10.1. The van der Waals surface area contributed by atoms with Crippen molar-refractivity contribution in [2.45, 2.75) is 26.3 Å². The fraction of sp³-hybridized carbons (Fsp3) is 0.238. The molecule has 2 aromatic carbocycles. The number of nitrogen functional groups attached to an aromatic ring is 1. The Morgan fingerprint density at radius 3 is 2.32 bits per heavy atom. The first-order valence-electron chi connectivity index (χ1n) is 8.96. The van der Waals surface area contributed by atoms with Gasteiger partial charge in [-0.05, 0) is 32.9 Å². The number of benzene rings is 2. The Bertz CT molecular complexity index is 974. The minimum atomic E-state index is -0.429. The number of ether oxygens (including phenoxy) is 1. The lowest BCUT2D eigenvalue weighted by Gasteiger charge is -2.20. The van der Waals surface area contributed by atoms with E-state index in [0.717, 1.165) is 5.56 Å². The molecule has 0 saturated carbocycles. The average Bonchev–Trinajstić information content (AvgIpc) is 2.99. The molecule has 0 radical (unpaired) electrons. The molecule has 0 fully saturated rings. The predicted octanol–water partition coefficient (Wildman–Crippen LogP) is 4.54. The SMILES string of the molecule is COc1ccccc1NC(=O)Nc1c(-c2ccccc2)nn(C(C)(C)C)c1N. The van der Waals surface area contributed by atoms with E-state index in [2.05, 4.69) is 15.7 Å². The summed E-state index contributed by atoms with van der Waals surface area (Å²) in [6, 6.07) is 16.4. The number of hydrogen-bond acceptors (Lipinski definition) is 4. The number of hydrogen-bond donors (Lipinski definition) is 3. The molecule has 2 amide bonds. The summed E-state index contributed by atoms with van der Waals surface area (Å²) in [7, 11) is 1.55. The molecule has 7 heteroatoms. The fourth-order valence-electron chi connectivity index (χ4n) is 2.88. The molecular formula is C21H25N5O2. The van der Waals surface area contributed by atoms with Gasteiger partial charge in [0.15, 0.2) is 0 Å². The molecule has 1 heterocycles. The summed E-state index contributed by atoms with van der Waals surface area (Å²) >= 11 is 0. The molecule has 1 aromatic heterocycles. The molecule has 0 bridgehead atoms. The number of urea groups is 1. The van der Waals surface area contributed by atoms with Gasteiger partial charge in [-0.25, -0.2) is 9.48 Å². The highest BCUT2D eigenvalue weighted by molar-refractivity contribution is 6.04. The van der Waals surface area contributed by atoms with Crippen LogP contribution in [0.1, 0.15) is 20.8 Å². The van der Waals surface area contributed by atoms with Crippen LogP contribution in [-0.2, 0) is 5.54 Å². The quantitative estimate of drug-likeness (QED) is 0.620. The second-order valence-corrected chi connectivity index (χ2v) is 7.34. The number of nitrogens with zero attached hydrogens (tertiary/aromatic N) is 2. The summed E-state index contributed by atoms with van der Waals surface area (Å²) in [5.74, 6) is 0.959. The van der Waals surface area contributed by atoms with Gasteiger partial charge in [-0.1, -0.05) is 42.5 Å². The Morgan fingerprint density at radius 1 is 1.04 bits per heavy atom. The maximum atomic E-state index is 12.7. The molecule has 3 rings (SSSR count). The van der Waals surface area contributed by atoms with Crippen molar-refractivity contribution in [3.8, 4) is 17.0 Å². The number of para-hydroxylation sites is 2. The van der Waals surface area contributed by atoms with E-state index in [0.29, 0.717) is 28.6 Å². The molecule has 0 saturated heterocycles. The van der Waals surface area contributed by atoms with Gasteiger partial charge in [0.25, 0.3) is 0 Å². The maximum Gasteiger partial charge on any atom is 0.323 e. The van der Waals surface area contributed by atoms with Gasteiger partial charge in [-0.3, -0.25) is 0 Å². The highest BCUT2D eigenvalue weighted by Crippen LogP contribution is 2.35. The van der Waals surface area contributed by atoms with Crippen LogP contribution in [0.4, 0.5) is 22.0 Å². The number of nitrogens with one attached hydrogen (secondary N) is 2. The van der Waals surface area contributed by atoms with Crippen molar-refractivity contribution in [2.24, 2.45) is 0 Å². The molecule has 0 aliphatic heterocycles. The Morgan fingerprint density at radius 2 is 1.68 bits per heavy atom. The standard InChI is InChI=1S/C21H25N5O2/c1-21(2,3)26-19(22)18(17(25-26)14-10-6-5-7-11-14)24-20(27)23-15-12-8-9-13-16(15)28-4/h5-13H,22H2,1-4H3,(H2,23,24,27). The molecule has 0 aliphatic carbocycles. The van der Waals surface area contributed by atoms with Gasteiger partial charge in [0.2, 0.25) is 0 Å². The van der Waals surface area contributed by atoms with E-state index < -0.39 is 6.03 Å². The number of rotatable bonds is 4. The van der Waals surface area contributed by atoms with Crippen LogP contribution < -0.4 is 21.1 Å². The Balaban J connectivity index is 1.96. The second kappa shape index (κ2) is 7.64. The molecule has 0 aliphatic rings. The topological polar surface area (TPSA) is 94.2 Å². The fourth-order valence-corrected chi connectivity index (χ4v) is 2.88. The zero-order chi connectivity index (χ0) is 20.3. The van der Waals surface area contributed by atoms with Crippen LogP contribution in [0.2, 0.25) is 0 Å². The number of amides is 2. The molecule has 4 N–H and O–H groups in total. The van der Waals surface area contributed by atoms with Crippen molar-refractivity contribution < 1.29 is 9.53 Å². The first-order chi connectivity index (χ1) is 13.3.